The lowest BCUT2D eigenvalue weighted by atomic mass is 10.1. The molecule has 2 amide bonds. The predicted octanol–water partition coefficient (Wildman–Crippen LogP) is 2.49. The van der Waals surface area contributed by atoms with Crippen LogP contribution in [0, 0.1) is 0 Å². The Balaban J connectivity index is 1.62. The fourth-order valence-electron chi connectivity index (χ4n) is 3.13. The number of fused-ring (bicyclic) bond motifs is 1. The third kappa shape index (κ3) is 3.28. The van der Waals surface area contributed by atoms with Crippen molar-refractivity contribution in [3.63, 3.8) is 0 Å². The Hall–Kier alpha value is -1.78. The average molecular weight is 289 g/mol. The van der Waals surface area contributed by atoms with Crippen molar-refractivity contribution >= 4 is 6.03 Å². The van der Waals surface area contributed by atoms with Crippen LogP contribution in [0.3, 0.4) is 0 Å². The van der Waals surface area contributed by atoms with Gasteiger partial charge in [-0.1, -0.05) is 18.9 Å². The summed E-state index contributed by atoms with van der Waals surface area (Å²) in [6, 6.07) is 4.36. The number of carbonyl (C=O) groups is 1. The van der Waals surface area contributed by atoms with E-state index in [-0.39, 0.29) is 6.03 Å². The van der Waals surface area contributed by atoms with Gasteiger partial charge in [0.1, 0.15) is 0 Å². The molecule has 1 aromatic rings. The summed E-state index contributed by atoms with van der Waals surface area (Å²) in [5.74, 6) is 0.681. The molecule has 1 N–H and O–H groups in total. The van der Waals surface area contributed by atoms with Gasteiger partial charge in [-0.15, -0.1) is 0 Å². The quantitative estimate of drug-likeness (QED) is 0.930. The number of rotatable bonds is 3. The summed E-state index contributed by atoms with van der Waals surface area (Å²) in [4.78, 5) is 18.7. The minimum atomic E-state index is 0.0708. The van der Waals surface area contributed by atoms with Crippen molar-refractivity contribution in [1.29, 1.82) is 0 Å². The molecule has 1 aliphatic carbocycles. The maximum atomic E-state index is 12.3. The first-order valence-electron chi connectivity index (χ1n) is 7.93. The lowest BCUT2D eigenvalue weighted by Gasteiger charge is -2.29. The molecule has 0 bridgehead atoms. The first kappa shape index (κ1) is 14.2. The van der Waals surface area contributed by atoms with E-state index in [4.69, 9.17) is 4.74 Å². The standard InChI is InChI=1S/C16H23N3O2/c1-2-21-15-8-7-12-11-19(10-9-14(12)18-15)16(20)17-13-5-3-4-6-13/h7-8,13H,2-6,9-11H2,1H3,(H,17,20). The Kier molecular flexibility index (Phi) is 4.27. The van der Waals surface area contributed by atoms with Gasteiger partial charge in [-0.05, 0) is 25.3 Å². The van der Waals surface area contributed by atoms with E-state index in [0.717, 1.165) is 37.1 Å². The maximum absolute atomic E-state index is 12.3. The minimum Gasteiger partial charge on any atom is -0.478 e. The molecule has 0 saturated heterocycles. The number of ether oxygens (including phenoxy) is 1. The first-order valence-corrected chi connectivity index (χ1v) is 7.93. The highest BCUT2D eigenvalue weighted by molar-refractivity contribution is 5.74. The van der Waals surface area contributed by atoms with Crippen molar-refractivity contribution in [3.05, 3.63) is 23.4 Å². The normalized spacial score (nSPS) is 18.4. The van der Waals surface area contributed by atoms with Crippen molar-refractivity contribution in [3.8, 4) is 5.88 Å². The molecule has 1 saturated carbocycles. The molecule has 5 nitrogen and oxygen atoms in total. The average Bonchev–Trinajstić information content (AvgIpc) is 3.00. The second-order valence-corrected chi connectivity index (χ2v) is 5.79. The fraction of sp³-hybridized carbons (Fsp3) is 0.625. The summed E-state index contributed by atoms with van der Waals surface area (Å²) >= 11 is 0. The number of hydrogen-bond donors (Lipinski definition) is 1. The SMILES string of the molecule is CCOc1ccc2c(n1)CCN(C(=O)NC1CCCC1)C2. The van der Waals surface area contributed by atoms with Gasteiger partial charge in [-0.2, -0.15) is 0 Å². The Morgan fingerprint density at radius 3 is 3.00 bits per heavy atom. The molecule has 1 aromatic heterocycles. The first-order chi connectivity index (χ1) is 10.3. The highest BCUT2D eigenvalue weighted by atomic mass is 16.5. The van der Waals surface area contributed by atoms with Crippen LogP contribution in [-0.2, 0) is 13.0 Å². The van der Waals surface area contributed by atoms with Gasteiger partial charge in [-0.3, -0.25) is 0 Å². The molecule has 2 heterocycles. The van der Waals surface area contributed by atoms with Crippen molar-refractivity contribution < 1.29 is 9.53 Å². The van der Waals surface area contributed by atoms with Crippen LogP contribution in [-0.4, -0.2) is 35.1 Å². The van der Waals surface area contributed by atoms with Gasteiger partial charge in [0.15, 0.2) is 0 Å². The van der Waals surface area contributed by atoms with E-state index in [0.29, 0.717) is 25.1 Å². The molecule has 0 spiro atoms. The molecule has 0 unspecified atom stereocenters. The highest BCUT2D eigenvalue weighted by Crippen LogP contribution is 2.22. The van der Waals surface area contributed by atoms with E-state index < -0.39 is 0 Å². The van der Waals surface area contributed by atoms with Crippen LogP contribution in [0.5, 0.6) is 5.88 Å². The van der Waals surface area contributed by atoms with Crippen LogP contribution < -0.4 is 10.1 Å². The van der Waals surface area contributed by atoms with E-state index in [2.05, 4.69) is 10.3 Å². The lowest BCUT2D eigenvalue weighted by molar-refractivity contribution is 0.187. The van der Waals surface area contributed by atoms with Gasteiger partial charge >= 0.3 is 6.03 Å². The van der Waals surface area contributed by atoms with Crippen molar-refractivity contribution in [1.82, 2.24) is 15.2 Å². The topological polar surface area (TPSA) is 54.5 Å². The second kappa shape index (κ2) is 6.33. The summed E-state index contributed by atoms with van der Waals surface area (Å²) < 4.78 is 5.43. The summed E-state index contributed by atoms with van der Waals surface area (Å²) in [6.45, 7) is 3.96. The molecular formula is C16H23N3O2. The Labute approximate surface area is 125 Å². The summed E-state index contributed by atoms with van der Waals surface area (Å²) in [5.41, 5.74) is 2.19. The molecule has 21 heavy (non-hydrogen) atoms. The largest absolute Gasteiger partial charge is 0.478 e. The van der Waals surface area contributed by atoms with E-state index in [1.54, 1.807) is 0 Å². The monoisotopic (exact) mass is 289 g/mol. The van der Waals surface area contributed by atoms with Crippen LogP contribution >= 0.6 is 0 Å². The van der Waals surface area contributed by atoms with Crippen molar-refractivity contribution in [2.24, 2.45) is 0 Å². The molecule has 3 rings (SSSR count). The van der Waals surface area contributed by atoms with Crippen LogP contribution in [0.1, 0.15) is 43.9 Å². The molecule has 5 heteroatoms. The molecule has 0 radical (unpaired) electrons. The van der Waals surface area contributed by atoms with Gasteiger partial charge in [0.2, 0.25) is 5.88 Å². The van der Waals surface area contributed by atoms with E-state index in [1.807, 2.05) is 24.0 Å². The number of urea groups is 1. The Morgan fingerprint density at radius 1 is 1.43 bits per heavy atom. The van der Waals surface area contributed by atoms with Gasteiger partial charge < -0.3 is 15.0 Å². The Morgan fingerprint density at radius 2 is 2.24 bits per heavy atom. The maximum Gasteiger partial charge on any atom is 0.317 e. The summed E-state index contributed by atoms with van der Waals surface area (Å²) in [7, 11) is 0. The third-order valence-electron chi connectivity index (χ3n) is 4.28. The molecule has 0 aromatic carbocycles. The number of pyridine rings is 1. The zero-order valence-electron chi connectivity index (χ0n) is 12.6. The van der Waals surface area contributed by atoms with Crippen LogP contribution in [0.25, 0.3) is 0 Å². The third-order valence-corrected chi connectivity index (χ3v) is 4.28. The lowest BCUT2D eigenvalue weighted by Crippen LogP contribution is -2.46. The van der Waals surface area contributed by atoms with Crippen LogP contribution in [0.15, 0.2) is 12.1 Å². The van der Waals surface area contributed by atoms with E-state index >= 15 is 0 Å². The van der Waals surface area contributed by atoms with E-state index in [1.165, 1.54) is 12.8 Å². The molecule has 114 valence electrons. The number of nitrogens with zero attached hydrogens (tertiary/aromatic N) is 2. The minimum absolute atomic E-state index is 0.0708. The fourth-order valence-corrected chi connectivity index (χ4v) is 3.13. The second-order valence-electron chi connectivity index (χ2n) is 5.79. The molecule has 1 aliphatic heterocycles. The molecular weight excluding hydrogens is 266 g/mol. The van der Waals surface area contributed by atoms with Crippen molar-refractivity contribution in [2.45, 2.75) is 51.6 Å². The van der Waals surface area contributed by atoms with Crippen LogP contribution in [0.4, 0.5) is 4.79 Å². The van der Waals surface area contributed by atoms with Crippen molar-refractivity contribution in [2.75, 3.05) is 13.2 Å². The number of hydrogen-bond acceptors (Lipinski definition) is 3. The van der Waals surface area contributed by atoms with Gasteiger partial charge in [0.25, 0.3) is 0 Å². The van der Waals surface area contributed by atoms with Gasteiger partial charge in [0, 0.05) is 31.6 Å². The number of carbonyl (C=O) groups excluding carboxylic acids is 1. The summed E-state index contributed by atoms with van der Waals surface area (Å²) in [5, 5.41) is 3.15. The Bertz CT molecular complexity index is 512. The van der Waals surface area contributed by atoms with Gasteiger partial charge in [-0.25, -0.2) is 9.78 Å². The zero-order valence-corrected chi connectivity index (χ0v) is 12.6. The number of aromatic nitrogens is 1. The van der Waals surface area contributed by atoms with Crippen LogP contribution in [0.2, 0.25) is 0 Å². The highest BCUT2D eigenvalue weighted by Gasteiger charge is 2.24. The summed E-state index contributed by atoms with van der Waals surface area (Å²) in [6.07, 6.45) is 5.51. The predicted molar refractivity (Wildman–Crippen MR) is 80.3 cm³/mol. The zero-order chi connectivity index (χ0) is 14.7. The smallest absolute Gasteiger partial charge is 0.317 e. The molecule has 0 atom stereocenters. The van der Waals surface area contributed by atoms with E-state index in [9.17, 15) is 4.79 Å². The molecule has 1 fully saturated rings. The number of amides is 2. The number of nitrogens with one attached hydrogen (secondary N) is 1. The van der Waals surface area contributed by atoms with Gasteiger partial charge in [0.05, 0.1) is 12.3 Å². The molecule has 2 aliphatic rings.